The smallest absolute Gasteiger partial charge is 0.0954 e. The lowest BCUT2D eigenvalue weighted by Crippen LogP contribution is -2.43. The standard InChI is InChI=1S/C15H22N4OS/c1-12(2)15-17-13(11-21-15)8-18-6-7-20-14(9-18)10-19-5-3-4-16-19/h3-5,11-12,14H,6-10H2,1-2H3. The Hall–Kier alpha value is -1.24. The third-order valence-electron chi connectivity index (χ3n) is 3.62. The molecule has 5 nitrogen and oxygen atoms in total. The summed E-state index contributed by atoms with van der Waals surface area (Å²) in [4.78, 5) is 7.15. The molecule has 0 amide bonds. The van der Waals surface area contributed by atoms with Gasteiger partial charge in [0.1, 0.15) is 0 Å². The number of nitrogens with zero attached hydrogens (tertiary/aromatic N) is 4. The Balaban J connectivity index is 1.55. The number of aromatic nitrogens is 3. The lowest BCUT2D eigenvalue weighted by atomic mass is 10.2. The maximum Gasteiger partial charge on any atom is 0.0954 e. The molecule has 114 valence electrons. The van der Waals surface area contributed by atoms with Crippen molar-refractivity contribution in [1.29, 1.82) is 0 Å². The van der Waals surface area contributed by atoms with Crippen molar-refractivity contribution in [1.82, 2.24) is 19.7 Å². The predicted octanol–water partition coefficient (Wildman–Crippen LogP) is 2.36. The van der Waals surface area contributed by atoms with Crippen molar-refractivity contribution in [2.24, 2.45) is 0 Å². The van der Waals surface area contributed by atoms with Gasteiger partial charge in [0.15, 0.2) is 0 Å². The third kappa shape index (κ3) is 3.90. The summed E-state index contributed by atoms with van der Waals surface area (Å²) in [7, 11) is 0. The largest absolute Gasteiger partial charge is 0.374 e. The number of hydrogen-bond acceptors (Lipinski definition) is 5. The van der Waals surface area contributed by atoms with Gasteiger partial charge >= 0.3 is 0 Å². The topological polar surface area (TPSA) is 43.2 Å². The molecule has 0 radical (unpaired) electrons. The van der Waals surface area contributed by atoms with E-state index >= 15 is 0 Å². The molecule has 0 bridgehead atoms. The summed E-state index contributed by atoms with van der Waals surface area (Å²) in [6.07, 6.45) is 4.00. The van der Waals surface area contributed by atoms with Gasteiger partial charge in [-0.15, -0.1) is 11.3 Å². The summed E-state index contributed by atoms with van der Waals surface area (Å²) in [5.41, 5.74) is 1.18. The predicted molar refractivity (Wildman–Crippen MR) is 83.4 cm³/mol. The van der Waals surface area contributed by atoms with E-state index < -0.39 is 0 Å². The second-order valence-electron chi connectivity index (χ2n) is 5.79. The fourth-order valence-electron chi connectivity index (χ4n) is 2.54. The van der Waals surface area contributed by atoms with Gasteiger partial charge in [-0.2, -0.15) is 5.10 Å². The van der Waals surface area contributed by atoms with E-state index in [1.54, 1.807) is 11.3 Å². The zero-order chi connectivity index (χ0) is 14.7. The van der Waals surface area contributed by atoms with Gasteiger partial charge in [0.2, 0.25) is 0 Å². The van der Waals surface area contributed by atoms with Gasteiger partial charge in [-0.1, -0.05) is 13.8 Å². The SMILES string of the molecule is CC(C)c1nc(CN2CCOC(Cn3cccn3)C2)cs1. The van der Waals surface area contributed by atoms with E-state index in [1.165, 1.54) is 10.7 Å². The molecule has 21 heavy (non-hydrogen) atoms. The Kier molecular flexibility index (Phi) is 4.67. The van der Waals surface area contributed by atoms with Crippen LogP contribution in [0.3, 0.4) is 0 Å². The van der Waals surface area contributed by atoms with Crippen molar-refractivity contribution >= 4 is 11.3 Å². The molecule has 1 aliphatic rings. The number of morpholine rings is 1. The lowest BCUT2D eigenvalue weighted by molar-refractivity contribution is -0.0405. The Bertz CT molecular complexity index is 552. The number of ether oxygens (including phenoxy) is 1. The number of rotatable bonds is 5. The van der Waals surface area contributed by atoms with E-state index in [2.05, 4.69) is 29.2 Å². The van der Waals surface area contributed by atoms with Crippen molar-refractivity contribution < 1.29 is 4.74 Å². The first-order chi connectivity index (χ1) is 10.2. The summed E-state index contributed by atoms with van der Waals surface area (Å²) >= 11 is 1.77. The first-order valence-electron chi connectivity index (χ1n) is 7.46. The molecule has 1 saturated heterocycles. The van der Waals surface area contributed by atoms with Crippen LogP contribution in [0.4, 0.5) is 0 Å². The Morgan fingerprint density at radius 3 is 3.10 bits per heavy atom. The fourth-order valence-corrected chi connectivity index (χ4v) is 3.37. The normalized spacial score (nSPS) is 20.2. The van der Waals surface area contributed by atoms with Gasteiger partial charge in [0, 0.05) is 43.3 Å². The molecule has 6 heteroatoms. The molecule has 1 aliphatic heterocycles. The highest BCUT2D eigenvalue weighted by Gasteiger charge is 2.21. The van der Waals surface area contributed by atoms with Crippen LogP contribution in [0.1, 0.15) is 30.5 Å². The maximum absolute atomic E-state index is 5.84. The van der Waals surface area contributed by atoms with Gasteiger partial charge in [0.25, 0.3) is 0 Å². The molecule has 3 heterocycles. The molecule has 0 aromatic carbocycles. The first kappa shape index (κ1) is 14.7. The molecule has 1 unspecified atom stereocenters. The molecule has 0 aliphatic carbocycles. The van der Waals surface area contributed by atoms with Crippen LogP contribution in [0, 0.1) is 0 Å². The summed E-state index contributed by atoms with van der Waals surface area (Å²) in [6, 6.07) is 1.95. The molecule has 1 fully saturated rings. The van der Waals surface area contributed by atoms with Crippen LogP contribution >= 0.6 is 11.3 Å². The van der Waals surface area contributed by atoms with E-state index in [-0.39, 0.29) is 6.10 Å². The highest BCUT2D eigenvalue weighted by Crippen LogP contribution is 2.20. The van der Waals surface area contributed by atoms with Crippen LogP contribution in [0.25, 0.3) is 0 Å². The zero-order valence-corrected chi connectivity index (χ0v) is 13.4. The van der Waals surface area contributed by atoms with Crippen LogP contribution in [-0.2, 0) is 17.8 Å². The van der Waals surface area contributed by atoms with E-state index in [0.29, 0.717) is 5.92 Å². The second-order valence-corrected chi connectivity index (χ2v) is 6.68. The van der Waals surface area contributed by atoms with Gasteiger partial charge in [-0.05, 0) is 6.07 Å². The molecule has 2 aromatic rings. The minimum absolute atomic E-state index is 0.210. The third-order valence-corrected chi connectivity index (χ3v) is 4.82. The molecule has 2 aromatic heterocycles. The van der Waals surface area contributed by atoms with Gasteiger partial charge in [-0.25, -0.2) is 4.98 Å². The average molecular weight is 306 g/mol. The monoisotopic (exact) mass is 306 g/mol. The van der Waals surface area contributed by atoms with Gasteiger partial charge in [-0.3, -0.25) is 9.58 Å². The van der Waals surface area contributed by atoms with E-state index in [1.807, 2.05) is 23.1 Å². The van der Waals surface area contributed by atoms with Crippen molar-refractivity contribution in [2.45, 2.75) is 39.0 Å². The van der Waals surface area contributed by atoms with Crippen molar-refractivity contribution in [2.75, 3.05) is 19.7 Å². The van der Waals surface area contributed by atoms with E-state index in [9.17, 15) is 0 Å². The van der Waals surface area contributed by atoms with Crippen LogP contribution in [0.5, 0.6) is 0 Å². The van der Waals surface area contributed by atoms with Crippen molar-refractivity contribution in [3.8, 4) is 0 Å². The number of thiazole rings is 1. The average Bonchev–Trinajstić information content (AvgIpc) is 3.11. The van der Waals surface area contributed by atoms with E-state index in [4.69, 9.17) is 9.72 Å². The van der Waals surface area contributed by atoms with Crippen molar-refractivity contribution in [3.05, 3.63) is 34.5 Å². The molecule has 0 N–H and O–H groups in total. The minimum Gasteiger partial charge on any atom is -0.374 e. The quantitative estimate of drug-likeness (QED) is 0.850. The second kappa shape index (κ2) is 6.68. The van der Waals surface area contributed by atoms with Crippen molar-refractivity contribution in [3.63, 3.8) is 0 Å². The summed E-state index contributed by atoms with van der Waals surface area (Å²) in [6.45, 7) is 8.82. The first-order valence-corrected chi connectivity index (χ1v) is 8.34. The molecule has 0 spiro atoms. The molecular formula is C15H22N4OS. The molecule has 3 rings (SSSR count). The van der Waals surface area contributed by atoms with Crippen LogP contribution in [0.2, 0.25) is 0 Å². The zero-order valence-electron chi connectivity index (χ0n) is 12.6. The Morgan fingerprint density at radius 1 is 1.48 bits per heavy atom. The summed E-state index contributed by atoms with van der Waals surface area (Å²) in [5, 5.41) is 7.67. The maximum atomic E-state index is 5.84. The lowest BCUT2D eigenvalue weighted by Gasteiger charge is -2.32. The Labute approximate surface area is 129 Å². The van der Waals surface area contributed by atoms with E-state index in [0.717, 1.165) is 32.8 Å². The molecular weight excluding hydrogens is 284 g/mol. The fraction of sp³-hybridized carbons (Fsp3) is 0.600. The van der Waals surface area contributed by atoms with Gasteiger partial charge < -0.3 is 4.74 Å². The van der Waals surface area contributed by atoms with Crippen LogP contribution in [-0.4, -0.2) is 45.5 Å². The van der Waals surface area contributed by atoms with Gasteiger partial charge in [0.05, 0.1) is 30.0 Å². The molecule has 1 atom stereocenters. The highest BCUT2D eigenvalue weighted by atomic mass is 32.1. The summed E-state index contributed by atoms with van der Waals surface area (Å²) in [5.74, 6) is 0.515. The Morgan fingerprint density at radius 2 is 2.38 bits per heavy atom. The molecule has 0 saturated carbocycles. The minimum atomic E-state index is 0.210. The number of hydrogen-bond donors (Lipinski definition) is 0. The van der Waals surface area contributed by atoms with Crippen LogP contribution in [0.15, 0.2) is 23.8 Å². The highest BCUT2D eigenvalue weighted by molar-refractivity contribution is 7.09. The van der Waals surface area contributed by atoms with Crippen LogP contribution < -0.4 is 0 Å². The summed E-state index contributed by atoms with van der Waals surface area (Å²) < 4.78 is 7.78.